The molecule has 6 nitrogen and oxygen atoms in total. The summed E-state index contributed by atoms with van der Waals surface area (Å²) in [6.45, 7) is 3.87. The fourth-order valence-electron chi connectivity index (χ4n) is 2.44. The minimum absolute atomic E-state index is 0.192. The molecule has 8 heteroatoms. The maximum absolute atomic E-state index is 11.6. The molecule has 1 aromatic carbocycles. The molecule has 25 heavy (non-hydrogen) atoms. The van der Waals surface area contributed by atoms with Crippen molar-refractivity contribution in [3.05, 3.63) is 30.3 Å². The van der Waals surface area contributed by atoms with Crippen molar-refractivity contribution in [1.82, 2.24) is 0 Å². The van der Waals surface area contributed by atoms with Crippen molar-refractivity contribution < 1.29 is 28.6 Å². The molecule has 2 rings (SSSR count). The van der Waals surface area contributed by atoms with Crippen molar-refractivity contribution >= 4 is 41.4 Å². The minimum atomic E-state index is -0.840. The van der Waals surface area contributed by atoms with Gasteiger partial charge < -0.3 is 14.2 Å². The van der Waals surface area contributed by atoms with Crippen molar-refractivity contribution in [3.63, 3.8) is 0 Å². The molecule has 1 heterocycles. The van der Waals surface area contributed by atoms with Gasteiger partial charge in [0.1, 0.15) is 0 Å². The number of rotatable bonds is 5. The lowest BCUT2D eigenvalue weighted by Gasteiger charge is -2.39. The summed E-state index contributed by atoms with van der Waals surface area (Å²) in [5.41, 5.74) is 0. The number of benzene rings is 1. The molecule has 136 valence electrons. The molecule has 1 aromatic rings. The Balaban J connectivity index is 2.25. The van der Waals surface area contributed by atoms with Gasteiger partial charge in [-0.15, -0.1) is 23.5 Å². The number of esters is 3. The predicted molar refractivity (Wildman–Crippen MR) is 95.2 cm³/mol. The third-order valence-electron chi connectivity index (χ3n) is 3.30. The molecule has 1 aliphatic rings. The maximum Gasteiger partial charge on any atom is 0.303 e. The number of carbonyl (C=O) groups is 3. The maximum atomic E-state index is 11.6. The highest BCUT2D eigenvalue weighted by Gasteiger charge is 2.46. The van der Waals surface area contributed by atoms with Gasteiger partial charge in [0.25, 0.3) is 0 Å². The molecule has 0 amide bonds. The second-order valence-corrected chi connectivity index (χ2v) is 8.12. The Morgan fingerprint density at radius 2 is 1.48 bits per heavy atom. The number of hydrogen-bond acceptors (Lipinski definition) is 8. The fraction of sp³-hybridized carbons (Fsp3) is 0.471. The van der Waals surface area contributed by atoms with Crippen molar-refractivity contribution in [3.8, 4) is 0 Å². The van der Waals surface area contributed by atoms with Gasteiger partial charge in [0.15, 0.2) is 18.3 Å². The first-order chi connectivity index (χ1) is 11.9. The molecule has 0 radical (unpaired) electrons. The lowest BCUT2D eigenvalue weighted by Crippen LogP contribution is -2.53. The Labute approximate surface area is 155 Å². The number of ether oxygens (including phenoxy) is 3. The summed E-state index contributed by atoms with van der Waals surface area (Å²) >= 11 is 3.03. The van der Waals surface area contributed by atoms with Crippen molar-refractivity contribution in [2.24, 2.45) is 0 Å². The number of carbonyl (C=O) groups excluding carboxylic acids is 3. The Morgan fingerprint density at radius 3 is 2.04 bits per heavy atom. The van der Waals surface area contributed by atoms with E-state index in [2.05, 4.69) is 0 Å². The van der Waals surface area contributed by atoms with Crippen LogP contribution in [0.2, 0.25) is 0 Å². The summed E-state index contributed by atoms with van der Waals surface area (Å²) in [5, 5.41) is 0. The third-order valence-corrected chi connectivity index (χ3v) is 6.16. The summed E-state index contributed by atoms with van der Waals surface area (Å²) in [6, 6.07) is 9.66. The summed E-state index contributed by atoms with van der Waals surface area (Å²) in [7, 11) is 0. The van der Waals surface area contributed by atoms with E-state index in [4.69, 9.17) is 14.2 Å². The van der Waals surface area contributed by atoms with Crippen LogP contribution in [0.15, 0.2) is 35.2 Å². The van der Waals surface area contributed by atoms with Crippen LogP contribution in [0.4, 0.5) is 0 Å². The molecular formula is C17H20O6S2. The zero-order valence-electron chi connectivity index (χ0n) is 14.2. The monoisotopic (exact) mass is 384 g/mol. The summed E-state index contributed by atoms with van der Waals surface area (Å²) in [6.07, 6.45) is -2.23. The second kappa shape index (κ2) is 9.15. The van der Waals surface area contributed by atoms with Crippen LogP contribution in [0.1, 0.15) is 20.8 Å². The van der Waals surface area contributed by atoms with Gasteiger partial charge in [0.2, 0.25) is 0 Å². The first-order valence-electron chi connectivity index (χ1n) is 7.71. The first kappa shape index (κ1) is 19.7. The average Bonchev–Trinajstić information content (AvgIpc) is 2.52. The molecule has 0 aromatic heterocycles. The van der Waals surface area contributed by atoms with E-state index in [9.17, 15) is 14.4 Å². The molecule has 0 aliphatic carbocycles. The van der Waals surface area contributed by atoms with Crippen LogP contribution < -0.4 is 0 Å². The van der Waals surface area contributed by atoms with E-state index in [-0.39, 0.29) is 4.58 Å². The highest BCUT2D eigenvalue weighted by molar-refractivity contribution is 8.17. The predicted octanol–water partition coefficient (Wildman–Crippen LogP) is 2.65. The smallest absolute Gasteiger partial charge is 0.303 e. The quantitative estimate of drug-likeness (QED) is 0.566. The topological polar surface area (TPSA) is 78.9 Å². The normalized spacial score (nSPS) is 25.7. The number of hydrogen-bond donors (Lipinski definition) is 0. The van der Waals surface area contributed by atoms with Gasteiger partial charge >= 0.3 is 17.9 Å². The standard InChI is InChI=1S/C17H20O6S2/c1-10(18)21-14-9-24-17(25-13-7-5-4-6-8-13)16(23-12(3)20)15(14)22-11(2)19/h4-8,14-17H,9H2,1-3H3/t14-,15+,16-,17+/m1/s1. The highest BCUT2D eigenvalue weighted by Crippen LogP contribution is 2.41. The molecule has 0 saturated carbocycles. The summed E-state index contributed by atoms with van der Waals surface area (Å²) in [5.74, 6) is -1.03. The van der Waals surface area contributed by atoms with E-state index in [1.165, 1.54) is 44.3 Å². The van der Waals surface area contributed by atoms with Crippen LogP contribution in [-0.2, 0) is 28.6 Å². The number of thioether (sulfide) groups is 2. The molecule has 1 saturated heterocycles. The molecule has 0 spiro atoms. The van der Waals surface area contributed by atoms with Gasteiger partial charge in [-0.2, -0.15) is 0 Å². The lowest BCUT2D eigenvalue weighted by molar-refractivity contribution is -0.180. The van der Waals surface area contributed by atoms with E-state index >= 15 is 0 Å². The Kier molecular flexibility index (Phi) is 7.19. The molecular weight excluding hydrogens is 364 g/mol. The molecule has 0 N–H and O–H groups in total. The van der Waals surface area contributed by atoms with E-state index in [0.717, 1.165) is 4.90 Å². The second-order valence-electron chi connectivity index (χ2n) is 5.43. The van der Waals surface area contributed by atoms with Gasteiger partial charge in [-0.25, -0.2) is 0 Å². The zero-order chi connectivity index (χ0) is 18.4. The minimum Gasteiger partial charge on any atom is -0.458 e. The Hall–Kier alpha value is -1.67. The molecule has 0 unspecified atom stereocenters. The van der Waals surface area contributed by atoms with Crippen LogP contribution in [0.25, 0.3) is 0 Å². The molecule has 4 atom stereocenters. The molecule has 1 fully saturated rings. The average molecular weight is 384 g/mol. The lowest BCUT2D eigenvalue weighted by atomic mass is 10.1. The fourth-order valence-corrected chi connectivity index (χ4v) is 5.25. The summed E-state index contributed by atoms with van der Waals surface area (Å²) < 4.78 is 15.9. The Bertz CT molecular complexity index is 621. The highest BCUT2D eigenvalue weighted by atomic mass is 32.2. The van der Waals surface area contributed by atoms with Gasteiger partial charge in [-0.05, 0) is 12.1 Å². The van der Waals surface area contributed by atoms with Gasteiger partial charge in [0, 0.05) is 31.4 Å². The SMILES string of the molecule is CC(=O)O[C@@H]1[C@@H](OC(C)=O)[C@H](Sc2ccccc2)SC[C@H]1OC(C)=O. The van der Waals surface area contributed by atoms with E-state index < -0.39 is 36.2 Å². The third kappa shape index (κ3) is 5.97. The van der Waals surface area contributed by atoms with Crippen molar-refractivity contribution in [2.75, 3.05) is 5.75 Å². The van der Waals surface area contributed by atoms with Gasteiger partial charge in [0.05, 0.1) is 4.58 Å². The van der Waals surface area contributed by atoms with Gasteiger partial charge in [-0.1, -0.05) is 18.2 Å². The van der Waals surface area contributed by atoms with Crippen molar-refractivity contribution in [2.45, 2.75) is 48.6 Å². The van der Waals surface area contributed by atoms with Crippen LogP contribution >= 0.6 is 23.5 Å². The zero-order valence-corrected chi connectivity index (χ0v) is 15.8. The molecule has 1 aliphatic heterocycles. The van der Waals surface area contributed by atoms with Crippen LogP contribution in [0.3, 0.4) is 0 Å². The van der Waals surface area contributed by atoms with Crippen LogP contribution in [0, 0.1) is 0 Å². The van der Waals surface area contributed by atoms with Crippen molar-refractivity contribution in [1.29, 1.82) is 0 Å². The largest absolute Gasteiger partial charge is 0.458 e. The molecule has 0 bridgehead atoms. The van der Waals surface area contributed by atoms with Crippen LogP contribution in [0.5, 0.6) is 0 Å². The van der Waals surface area contributed by atoms with Crippen LogP contribution in [-0.4, -0.2) is 46.6 Å². The van der Waals surface area contributed by atoms with Gasteiger partial charge in [-0.3, -0.25) is 14.4 Å². The van der Waals surface area contributed by atoms with E-state index in [1.807, 2.05) is 30.3 Å². The first-order valence-corrected chi connectivity index (χ1v) is 9.64. The summed E-state index contributed by atoms with van der Waals surface area (Å²) in [4.78, 5) is 35.5. The van der Waals surface area contributed by atoms with E-state index in [0.29, 0.717) is 5.75 Å². The Morgan fingerprint density at radius 1 is 0.920 bits per heavy atom. The van der Waals surface area contributed by atoms with E-state index in [1.54, 1.807) is 0 Å².